The monoisotopic (exact) mass is 312 g/mol. The quantitative estimate of drug-likeness (QED) is 0.601. The van der Waals surface area contributed by atoms with E-state index in [0.29, 0.717) is 6.42 Å². The standard InChI is InChI=1S/C18H32O4/c1-5-6-9-18(3,4)16(20)8-7-13-12(2)10-15(19)14(13)11-17(21)22/h7-8,12-16,19-20H,5-6,9-11H2,1-4H3,(H,21,22)/b8-7+/t12-,13+,14-,15+,16?/m1/s1. The number of aliphatic carboxylic acids is 1. The minimum Gasteiger partial charge on any atom is -0.481 e. The van der Waals surface area contributed by atoms with Gasteiger partial charge in [0.25, 0.3) is 0 Å². The Labute approximate surface area is 134 Å². The molecule has 1 rings (SSSR count). The average Bonchev–Trinajstić information content (AvgIpc) is 2.68. The van der Waals surface area contributed by atoms with E-state index >= 15 is 0 Å². The van der Waals surface area contributed by atoms with Crippen molar-refractivity contribution in [2.45, 2.75) is 72.0 Å². The Morgan fingerprint density at radius 1 is 1.41 bits per heavy atom. The molecule has 0 heterocycles. The van der Waals surface area contributed by atoms with E-state index in [2.05, 4.69) is 20.8 Å². The molecule has 4 heteroatoms. The summed E-state index contributed by atoms with van der Waals surface area (Å²) < 4.78 is 0. The number of aliphatic hydroxyl groups is 2. The van der Waals surface area contributed by atoms with Crippen molar-refractivity contribution in [3.8, 4) is 0 Å². The van der Waals surface area contributed by atoms with Gasteiger partial charge in [0, 0.05) is 5.92 Å². The van der Waals surface area contributed by atoms with Gasteiger partial charge in [-0.25, -0.2) is 0 Å². The number of carboxylic acid groups (broad SMARTS) is 1. The molecule has 0 radical (unpaired) electrons. The highest BCUT2D eigenvalue weighted by atomic mass is 16.4. The van der Waals surface area contributed by atoms with E-state index in [9.17, 15) is 15.0 Å². The van der Waals surface area contributed by atoms with E-state index in [4.69, 9.17) is 5.11 Å². The summed E-state index contributed by atoms with van der Waals surface area (Å²) in [5, 5.41) is 29.5. The first-order valence-corrected chi connectivity index (χ1v) is 8.45. The van der Waals surface area contributed by atoms with Crippen LogP contribution in [-0.2, 0) is 4.79 Å². The van der Waals surface area contributed by atoms with Gasteiger partial charge in [0.15, 0.2) is 0 Å². The van der Waals surface area contributed by atoms with Crippen LogP contribution in [0.1, 0.15) is 59.8 Å². The molecule has 0 aliphatic heterocycles. The molecule has 0 aromatic rings. The van der Waals surface area contributed by atoms with Crippen LogP contribution in [0.4, 0.5) is 0 Å². The molecule has 5 atom stereocenters. The largest absolute Gasteiger partial charge is 0.481 e. The summed E-state index contributed by atoms with van der Waals surface area (Å²) in [5.74, 6) is -0.876. The van der Waals surface area contributed by atoms with Crippen molar-refractivity contribution in [2.24, 2.45) is 23.2 Å². The summed E-state index contributed by atoms with van der Waals surface area (Å²) in [5.41, 5.74) is -0.185. The molecule has 128 valence electrons. The van der Waals surface area contributed by atoms with Gasteiger partial charge in [0.1, 0.15) is 0 Å². The van der Waals surface area contributed by atoms with Crippen LogP contribution in [0.3, 0.4) is 0 Å². The van der Waals surface area contributed by atoms with Crippen LogP contribution in [-0.4, -0.2) is 33.5 Å². The first-order chi connectivity index (χ1) is 10.2. The van der Waals surface area contributed by atoms with Crippen LogP contribution in [0.5, 0.6) is 0 Å². The summed E-state index contributed by atoms with van der Waals surface area (Å²) >= 11 is 0. The van der Waals surface area contributed by atoms with E-state index in [0.717, 1.165) is 19.3 Å². The fourth-order valence-electron chi connectivity index (χ4n) is 3.47. The molecule has 1 fully saturated rings. The second kappa shape index (κ2) is 8.11. The third kappa shape index (κ3) is 5.10. The van der Waals surface area contributed by atoms with Gasteiger partial charge in [-0.05, 0) is 30.1 Å². The highest BCUT2D eigenvalue weighted by Crippen LogP contribution is 2.40. The van der Waals surface area contributed by atoms with E-state index in [1.807, 2.05) is 19.1 Å². The van der Waals surface area contributed by atoms with Gasteiger partial charge in [-0.3, -0.25) is 4.79 Å². The van der Waals surface area contributed by atoms with Crippen LogP contribution in [0.15, 0.2) is 12.2 Å². The van der Waals surface area contributed by atoms with Crippen LogP contribution < -0.4 is 0 Å². The van der Waals surface area contributed by atoms with Crippen molar-refractivity contribution in [1.29, 1.82) is 0 Å². The van der Waals surface area contributed by atoms with Crippen LogP contribution in [0, 0.1) is 23.2 Å². The van der Waals surface area contributed by atoms with Gasteiger partial charge in [-0.15, -0.1) is 0 Å². The second-order valence-corrected chi connectivity index (χ2v) is 7.54. The Hall–Kier alpha value is -0.870. The third-order valence-corrected chi connectivity index (χ3v) is 5.16. The number of unbranched alkanes of at least 4 members (excludes halogenated alkanes) is 1. The predicted molar refractivity (Wildman–Crippen MR) is 87.5 cm³/mol. The second-order valence-electron chi connectivity index (χ2n) is 7.54. The number of allylic oxidation sites excluding steroid dienone is 1. The SMILES string of the molecule is CCCCC(C)(C)C(O)/C=C/[C@@H]1[C@@H](CC(=O)O)[C@@H](O)C[C@H]1C. The third-order valence-electron chi connectivity index (χ3n) is 5.16. The van der Waals surface area contributed by atoms with Crippen molar-refractivity contribution in [3.05, 3.63) is 12.2 Å². The fraction of sp³-hybridized carbons (Fsp3) is 0.833. The average molecular weight is 312 g/mol. The summed E-state index contributed by atoms with van der Waals surface area (Å²) in [4.78, 5) is 11.0. The number of carboxylic acids is 1. The van der Waals surface area contributed by atoms with Crippen molar-refractivity contribution in [3.63, 3.8) is 0 Å². The number of hydrogen-bond acceptors (Lipinski definition) is 3. The number of aliphatic hydroxyl groups excluding tert-OH is 2. The molecule has 0 aromatic carbocycles. The minimum absolute atomic E-state index is 0.0164. The highest BCUT2D eigenvalue weighted by Gasteiger charge is 2.40. The lowest BCUT2D eigenvalue weighted by Crippen LogP contribution is -2.28. The maximum atomic E-state index is 11.0. The zero-order valence-corrected chi connectivity index (χ0v) is 14.3. The van der Waals surface area contributed by atoms with Gasteiger partial charge in [0.2, 0.25) is 0 Å². The Bertz CT molecular complexity index is 389. The Kier molecular flexibility index (Phi) is 7.07. The van der Waals surface area contributed by atoms with Gasteiger partial charge in [-0.2, -0.15) is 0 Å². The van der Waals surface area contributed by atoms with Crippen LogP contribution >= 0.6 is 0 Å². The molecule has 1 aliphatic rings. The van der Waals surface area contributed by atoms with Gasteiger partial charge < -0.3 is 15.3 Å². The van der Waals surface area contributed by atoms with E-state index in [-0.39, 0.29) is 29.6 Å². The molecule has 0 bridgehead atoms. The summed E-state index contributed by atoms with van der Waals surface area (Å²) in [6.45, 7) is 8.28. The highest BCUT2D eigenvalue weighted by molar-refractivity contribution is 5.67. The van der Waals surface area contributed by atoms with Crippen LogP contribution in [0.25, 0.3) is 0 Å². The fourth-order valence-corrected chi connectivity index (χ4v) is 3.47. The Balaban J connectivity index is 2.74. The molecular weight excluding hydrogens is 280 g/mol. The van der Waals surface area contributed by atoms with Crippen LogP contribution in [0.2, 0.25) is 0 Å². The molecule has 22 heavy (non-hydrogen) atoms. The lowest BCUT2D eigenvalue weighted by Gasteiger charge is -2.29. The smallest absolute Gasteiger partial charge is 0.303 e. The minimum atomic E-state index is -0.875. The molecule has 3 N–H and O–H groups in total. The summed E-state index contributed by atoms with van der Waals surface area (Å²) in [7, 11) is 0. The maximum absolute atomic E-state index is 11.0. The van der Waals surface area contributed by atoms with Gasteiger partial charge in [0.05, 0.1) is 18.6 Å². The molecule has 0 amide bonds. The van der Waals surface area contributed by atoms with E-state index in [1.54, 1.807) is 0 Å². The number of rotatable bonds is 8. The molecule has 0 spiro atoms. The maximum Gasteiger partial charge on any atom is 0.303 e. The van der Waals surface area contributed by atoms with Crippen molar-refractivity contribution in [2.75, 3.05) is 0 Å². The van der Waals surface area contributed by atoms with E-state index < -0.39 is 18.2 Å². The van der Waals surface area contributed by atoms with Gasteiger partial charge in [-0.1, -0.05) is 52.7 Å². The number of hydrogen-bond donors (Lipinski definition) is 3. The zero-order chi connectivity index (χ0) is 16.9. The zero-order valence-electron chi connectivity index (χ0n) is 14.3. The molecular formula is C18H32O4. The molecule has 1 unspecified atom stereocenters. The first-order valence-electron chi connectivity index (χ1n) is 8.45. The molecule has 0 aromatic heterocycles. The predicted octanol–water partition coefficient (Wildman–Crippen LogP) is 3.23. The summed E-state index contributed by atoms with van der Waals surface area (Å²) in [6, 6.07) is 0. The summed E-state index contributed by atoms with van der Waals surface area (Å²) in [6.07, 6.45) is 6.38. The molecule has 1 aliphatic carbocycles. The van der Waals surface area contributed by atoms with E-state index in [1.165, 1.54) is 0 Å². The van der Waals surface area contributed by atoms with Crippen molar-refractivity contribution >= 4 is 5.97 Å². The normalized spacial score (nSPS) is 30.8. The van der Waals surface area contributed by atoms with Crippen molar-refractivity contribution in [1.82, 2.24) is 0 Å². The Morgan fingerprint density at radius 2 is 2.05 bits per heavy atom. The lowest BCUT2D eigenvalue weighted by atomic mass is 9.80. The lowest BCUT2D eigenvalue weighted by molar-refractivity contribution is -0.139. The molecule has 0 saturated heterocycles. The molecule has 1 saturated carbocycles. The topological polar surface area (TPSA) is 77.8 Å². The number of carbonyl (C=O) groups is 1. The Morgan fingerprint density at radius 3 is 2.59 bits per heavy atom. The van der Waals surface area contributed by atoms with Crippen molar-refractivity contribution < 1.29 is 20.1 Å². The molecule has 4 nitrogen and oxygen atoms in total. The van der Waals surface area contributed by atoms with Gasteiger partial charge >= 0.3 is 5.97 Å². The first kappa shape index (κ1) is 19.2.